The Kier molecular flexibility index (Phi) is 5.58. The molecule has 2 rings (SSSR count). The van der Waals surface area contributed by atoms with Crippen molar-refractivity contribution in [3.63, 3.8) is 0 Å². The summed E-state index contributed by atoms with van der Waals surface area (Å²) in [5, 5.41) is 3.56. The van der Waals surface area contributed by atoms with Gasteiger partial charge >= 0.3 is 0 Å². The number of aromatic nitrogens is 1. The number of rotatable bonds is 7. The zero-order valence-electron chi connectivity index (χ0n) is 12.8. The normalized spacial score (nSPS) is 12.0. The molecule has 1 aromatic heterocycles. The predicted molar refractivity (Wildman–Crippen MR) is 83.7 cm³/mol. The molecule has 0 amide bonds. The number of hydrogen-bond donors (Lipinski definition) is 1. The number of nitrogens with zero attached hydrogens (tertiary/aromatic N) is 1. The Hall–Kier alpha value is -2.07. The number of ether oxygens (including phenoxy) is 2. The van der Waals surface area contributed by atoms with E-state index in [0.29, 0.717) is 11.9 Å². The van der Waals surface area contributed by atoms with Crippen LogP contribution in [-0.4, -0.2) is 19.2 Å². The number of pyridine rings is 1. The van der Waals surface area contributed by atoms with Crippen molar-refractivity contribution in [3.8, 4) is 11.6 Å². The maximum atomic E-state index is 5.19. The van der Waals surface area contributed by atoms with Crippen molar-refractivity contribution in [2.75, 3.05) is 14.2 Å². The van der Waals surface area contributed by atoms with Crippen LogP contribution in [-0.2, 0) is 6.54 Å². The summed E-state index contributed by atoms with van der Waals surface area (Å²) in [4.78, 5) is 4.22. The van der Waals surface area contributed by atoms with Crippen LogP contribution in [0.2, 0.25) is 0 Å². The molecule has 0 saturated carbocycles. The second kappa shape index (κ2) is 7.64. The van der Waals surface area contributed by atoms with E-state index in [0.717, 1.165) is 24.3 Å². The molecule has 21 heavy (non-hydrogen) atoms. The van der Waals surface area contributed by atoms with Gasteiger partial charge in [0.15, 0.2) is 0 Å². The van der Waals surface area contributed by atoms with Crippen molar-refractivity contribution in [3.05, 3.63) is 53.7 Å². The van der Waals surface area contributed by atoms with Gasteiger partial charge in [-0.25, -0.2) is 4.98 Å². The highest BCUT2D eigenvalue weighted by atomic mass is 16.5. The topological polar surface area (TPSA) is 43.4 Å². The molecule has 1 unspecified atom stereocenters. The molecule has 0 spiro atoms. The van der Waals surface area contributed by atoms with Crippen molar-refractivity contribution in [2.45, 2.75) is 25.9 Å². The molecule has 1 aromatic carbocycles. The van der Waals surface area contributed by atoms with Crippen LogP contribution >= 0.6 is 0 Å². The standard InChI is InChI=1S/C17H22N2O2/c1-4-16(14-6-8-15(20-2)9-7-14)18-11-13-5-10-17(21-3)19-12-13/h5-10,12,16,18H,4,11H2,1-3H3. The molecule has 1 atom stereocenters. The van der Waals surface area contributed by atoms with E-state index in [1.165, 1.54) is 5.56 Å². The molecule has 0 saturated heterocycles. The smallest absolute Gasteiger partial charge is 0.212 e. The third-order valence-electron chi connectivity index (χ3n) is 3.49. The van der Waals surface area contributed by atoms with Gasteiger partial charge in [-0.2, -0.15) is 0 Å². The zero-order chi connectivity index (χ0) is 15.1. The average molecular weight is 286 g/mol. The van der Waals surface area contributed by atoms with E-state index in [1.54, 1.807) is 14.2 Å². The van der Waals surface area contributed by atoms with Crippen LogP contribution in [0.15, 0.2) is 42.6 Å². The maximum Gasteiger partial charge on any atom is 0.212 e. The lowest BCUT2D eigenvalue weighted by Crippen LogP contribution is -2.20. The van der Waals surface area contributed by atoms with Crippen molar-refractivity contribution in [1.82, 2.24) is 10.3 Å². The van der Waals surface area contributed by atoms with Gasteiger partial charge in [0.05, 0.1) is 14.2 Å². The number of nitrogens with one attached hydrogen (secondary N) is 1. The van der Waals surface area contributed by atoms with E-state index in [2.05, 4.69) is 29.4 Å². The van der Waals surface area contributed by atoms with Gasteiger partial charge in [0.1, 0.15) is 5.75 Å². The first-order chi connectivity index (χ1) is 10.3. The number of hydrogen-bond acceptors (Lipinski definition) is 4. The van der Waals surface area contributed by atoms with E-state index < -0.39 is 0 Å². The first-order valence-corrected chi connectivity index (χ1v) is 7.13. The summed E-state index contributed by atoms with van der Waals surface area (Å²) in [6.07, 6.45) is 2.86. The largest absolute Gasteiger partial charge is 0.497 e. The summed E-state index contributed by atoms with van der Waals surface area (Å²) >= 11 is 0. The zero-order valence-corrected chi connectivity index (χ0v) is 12.8. The summed E-state index contributed by atoms with van der Waals surface area (Å²) in [6.45, 7) is 2.95. The SMILES string of the molecule is CCC(NCc1ccc(OC)nc1)c1ccc(OC)cc1. The van der Waals surface area contributed by atoms with Crippen molar-refractivity contribution in [2.24, 2.45) is 0 Å². The minimum absolute atomic E-state index is 0.318. The molecule has 1 N–H and O–H groups in total. The van der Waals surface area contributed by atoms with Crippen LogP contribution in [0.4, 0.5) is 0 Å². The molecular formula is C17H22N2O2. The lowest BCUT2D eigenvalue weighted by molar-refractivity contribution is 0.397. The summed E-state index contributed by atoms with van der Waals surface area (Å²) in [6, 6.07) is 12.4. The third kappa shape index (κ3) is 4.20. The highest BCUT2D eigenvalue weighted by Gasteiger charge is 2.09. The monoisotopic (exact) mass is 286 g/mol. The Morgan fingerprint density at radius 2 is 1.81 bits per heavy atom. The Labute approximate surface area is 126 Å². The van der Waals surface area contributed by atoms with Crippen molar-refractivity contribution >= 4 is 0 Å². The number of benzene rings is 1. The van der Waals surface area contributed by atoms with Crippen molar-refractivity contribution < 1.29 is 9.47 Å². The Morgan fingerprint density at radius 3 is 2.33 bits per heavy atom. The Balaban J connectivity index is 1.97. The lowest BCUT2D eigenvalue weighted by atomic mass is 10.0. The lowest BCUT2D eigenvalue weighted by Gasteiger charge is -2.18. The molecule has 0 aliphatic carbocycles. The first kappa shape index (κ1) is 15.3. The molecule has 4 heteroatoms. The Morgan fingerprint density at radius 1 is 1.05 bits per heavy atom. The summed E-state index contributed by atoms with van der Waals surface area (Å²) in [5.74, 6) is 1.52. The summed E-state index contributed by atoms with van der Waals surface area (Å²) < 4.78 is 10.3. The highest BCUT2D eigenvalue weighted by molar-refractivity contribution is 5.29. The molecule has 112 valence electrons. The molecule has 4 nitrogen and oxygen atoms in total. The molecule has 1 heterocycles. The van der Waals surface area contributed by atoms with E-state index >= 15 is 0 Å². The average Bonchev–Trinajstić information content (AvgIpc) is 2.56. The molecule has 0 bridgehead atoms. The second-order valence-corrected chi connectivity index (χ2v) is 4.82. The summed E-state index contributed by atoms with van der Waals surface area (Å²) in [5.41, 5.74) is 2.41. The van der Waals surface area contributed by atoms with Gasteiger partial charge < -0.3 is 14.8 Å². The fourth-order valence-electron chi connectivity index (χ4n) is 2.21. The van der Waals surface area contributed by atoms with Gasteiger partial charge in [0.25, 0.3) is 0 Å². The molecule has 0 radical (unpaired) electrons. The van der Waals surface area contributed by atoms with Crippen LogP contribution < -0.4 is 14.8 Å². The third-order valence-corrected chi connectivity index (χ3v) is 3.49. The van der Waals surface area contributed by atoms with E-state index in [9.17, 15) is 0 Å². The van der Waals surface area contributed by atoms with Crippen molar-refractivity contribution in [1.29, 1.82) is 0 Å². The van der Waals surface area contributed by atoms with Gasteiger partial charge in [-0.15, -0.1) is 0 Å². The van der Waals surface area contributed by atoms with Crippen LogP contribution in [0, 0.1) is 0 Å². The maximum absolute atomic E-state index is 5.19. The Bertz CT molecular complexity index is 538. The van der Waals surface area contributed by atoms with Crippen LogP contribution in [0.5, 0.6) is 11.6 Å². The highest BCUT2D eigenvalue weighted by Crippen LogP contribution is 2.20. The van der Waals surface area contributed by atoms with Gasteiger partial charge in [-0.3, -0.25) is 0 Å². The first-order valence-electron chi connectivity index (χ1n) is 7.13. The quantitative estimate of drug-likeness (QED) is 0.847. The predicted octanol–water partition coefficient (Wildman–Crippen LogP) is 3.34. The van der Waals surface area contributed by atoms with E-state index in [-0.39, 0.29) is 0 Å². The minimum atomic E-state index is 0.318. The fourth-order valence-corrected chi connectivity index (χ4v) is 2.21. The molecule has 0 fully saturated rings. The minimum Gasteiger partial charge on any atom is -0.497 e. The molecule has 2 aromatic rings. The molecule has 0 aliphatic heterocycles. The van der Waals surface area contributed by atoms with E-state index in [4.69, 9.17) is 9.47 Å². The summed E-state index contributed by atoms with van der Waals surface area (Å²) in [7, 11) is 3.30. The van der Waals surface area contributed by atoms with E-state index in [1.807, 2.05) is 30.5 Å². The van der Waals surface area contributed by atoms with Crippen LogP contribution in [0.25, 0.3) is 0 Å². The van der Waals surface area contributed by atoms with Gasteiger partial charge in [-0.1, -0.05) is 25.1 Å². The van der Waals surface area contributed by atoms with Gasteiger partial charge in [0.2, 0.25) is 5.88 Å². The molecule has 0 aliphatic rings. The second-order valence-electron chi connectivity index (χ2n) is 4.82. The van der Waals surface area contributed by atoms with Crippen LogP contribution in [0.1, 0.15) is 30.5 Å². The van der Waals surface area contributed by atoms with Crippen LogP contribution in [0.3, 0.4) is 0 Å². The number of methoxy groups -OCH3 is 2. The van der Waals surface area contributed by atoms with Gasteiger partial charge in [-0.05, 0) is 29.7 Å². The molecular weight excluding hydrogens is 264 g/mol. The fraction of sp³-hybridized carbons (Fsp3) is 0.353. The van der Waals surface area contributed by atoms with Gasteiger partial charge in [0, 0.05) is 24.8 Å².